The van der Waals surface area contributed by atoms with Gasteiger partial charge in [0.25, 0.3) is 0 Å². The predicted molar refractivity (Wildman–Crippen MR) is 96.3 cm³/mol. The van der Waals surface area contributed by atoms with Crippen molar-refractivity contribution in [2.75, 3.05) is 13.1 Å². The highest BCUT2D eigenvalue weighted by atomic mass is 79.9. The van der Waals surface area contributed by atoms with E-state index in [1.165, 1.54) is 16.7 Å². The summed E-state index contributed by atoms with van der Waals surface area (Å²) in [7, 11) is 0. The van der Waals surface area contributed by atoms with E-state index >= 15 is 0 Å². The van der Waals surface area contributed by atoms with Crippen molar-refractivity contribution >= 4 is 15.9 Å². The molecular weight excluding hydrogens is 338 g/mol. The summed E-state index contributed by atoms with van der Waals surface area (Å²) in [6.07, 6.45) is 0. The molecule has 0 amide bonds. The van der Waals surface area contributed by atoms with E-state index in [0.717, 1.165) is 29.9 Å². The number of benzene rings is 2. The van der Waals surface area contributed by atoms with Gasteiger partial charge in [-0.3, -0.25) is 4.90 Å². The highest BCUT2D eigenvalue weighted by molar-refractivity contribution is 9.10. The third-order valence-electron chi connectivity index (χ3n) is 3.83. The van der Waals surface area contributed by atoms with Gasteiger partial charge in [0.05, 0.1) is 0 Å². The van der Waals surface area contributed by atoms with Crippen LogP contribution < -0.4 is 4.74 Å². The quantitative estimate of drug-likeness (QED) is 0.673. The Morgan fingerprint density at radius 2 is 1.73 bits per heavy atom. The first-order valence-electron chi connectivity index (χ1n) is 7.82. The summed E-state index contributed by atoms with van der Waals surface area (Å²) >= 11 is 3.60. The molecule has 118 valence electrons. The Hall–Kier alpha value is -1.32. The highest BCUT2D eigenvalue weighted by Crippen LogP contribution is 2.30. The normalized spacial score (nSPS) is 11.0. The van der Waals surface area contributed by atoms with Gasteiger partial charge >= 0.3 is 0 Å². The second-order valence-electron chi connectivity index (χ2n) is 5.45. The van der Waals surface area contributed by atoms with Crippen LogP contribution >= 0.6 is 15.9 Å². The van der Waals surface area contributed by atoms with Crippen LogP contribution in [0, 0.1) is 6.92 Å². The Labute approximate surface area is 142 Å². The van der Waals surface area contributed by atoms with E-state index in [0.29, 0.717) is 6.61 Å². The van der Waals surface area contributed by atoms with Crippen LogP contribution in [0.1, 0.15) is 30.5 Å². The van der Waals surface area contributed by atoms with Gasteiger partial charge < -0.3 is 4.74 Å². The summed E-state index contributed by atoms with van der Waals surface area (Å²) in [6.45, 7) is 10.1. The maximum Gasteiger partial charge on any atom is 0.127 e. The van der Waals surface area contributed by atoms with Crippen LogP contribution in [0.4, 0.5) is 0 Å². The van der Waals surface area contributed by atoms with Crippen LogP contribution in [0.15, 0.2) is 46.9 Å². The second-order valence-corrected chi connectivity index (χ2v) is 6.36. The van der Waals surface area contributed by atoms with Crippen LogP contribution in [0.25, 0.3) is 0 Å². The lowest BCUT2D eigenvalue weighted by Crippen LogP contribution is -2.22. The van der Waals surface area contributed by atoms with E-state index in [1.807, 2.05) is 18.2 Å². The first kappa shape index (κ1) is 17.0. The Bertz CT molecular complexity index is 594. The van der Waals surface area contributed by atoms with E-state index < -0.39 is 0 Å². The fourth-order valence-corrected chi connectivity index (χ4v) is 3.16. The molecule has 0 aromatic heterocycles. The zero-order valence-electron chi connectivity index (χ0n) is 13.6. The molecule has 0 spiro atoms. The van der Waals surface area contributed by atoms with Gasteiger partial charge in [-0.1, -0.05) is 60.1 Å². The maximum atomic E-state index is 6.15. The summed E-state index contributed by atoms with van der Waals surface area (Å²) in [5.74, 6) is 1.01. The number of halogens is 1. The fraction of sp³-hybridized carbons (Fsp3) is 0.368. The number of aryl methyl sites for hydroxylation is 1. The first-order chi connectivity index (χ1) is 10.6. The van der Waals surface area contributed by atoms with E-state index in [2.05, 4.69) is 65.9 Å². The number of nitrogens with zero attached hydrogens (tertiary/aromatic N) is 1. The Morgan fingerprint density at radius 3 is 2.36 bits per heavy atom. The van der Waals surface area contributed by atoms with Crippen LogP contribution in [-0.4, -0.2) is 18.0 Å². The molecule has 0 N–H and O–H groups in total. The lowest BCUT2D eigenvalue weighted by Gasteiger charge is -2.21. The van der Waals surface area contributed by atoms with Crippen molar-refractivity contribution in [2.45, 2.75) is 33.9 Å². The molecule has 0 atom stereocenters. The molecule has 2 rings (SSSR count). The number of hydrogen-bond acceptors (Lipinski definition) is 2. The van der Waals surface area contributed by atoms with Crippen molar-refractivity contribution in [1.29, 1.82) is 0 Å². The molecule has 0 aliphatic heterocycles. The number of ether oxygens (including phenoxy) is 1. The maximum absolute atomic E-state index is 6.15. The minimum absolute atomic E-state index is 0.606. The standard InChI is InChI=1S/C19H24BrNO/c1-4-21(5-2)13-17-12-18(20)11-15(3)19(17)22-14-16-9-7-6-8-10-16/h6-12H,4-5,13-14H2,1-3H3. The van der Waals surface area contributed by atoms with Gasteiger partial charge in [-0.15, -0.1) is 0 Å². The third kappa shape index (κ3) is 4.59. The number of hydrogen-bond donors (Lipinski definition) is 0. The van der Waals surface area contributed by atoms with Crippen molar-refractivity contribution in [2.24, 2.45) is 0 Å². The molecule has 0 saturated heterocycles. The average Bonchev–Trinajstić information content (AvgIpc) is 2.52. The lowest BCUT2D eigenvalue weighted by atomic mass is 10.1. The minimum Gasteiger partial charge on any atom is -0.488 e. The van der Waals surface area contributed by atoms with Crippen molar-refractivity contribution < 1.29 is 4.74 Å². The van der Waals surface area contributed by atoms with Crippen molar-refractivity contribution in [1.82, 2.24) is 4.90 Å². The molecule has 0 saturated carbocycles. The molecule has 0 radical (unpaired) electrons. The van der Waals surface area contributed by atoms with E-state index in [1.54, 1.807) is 0 Å². The highest BCUT2D eigenvalue weighted by Gasteiger charge is 2.12. The van der Waals surface area contributed by atoms with Gasteiger partial charge in [-0.05, 0) is 43.3 Å². The Kier molecular flexibility index (Phi) is 6.47. The summed E-state index contributed by atoms with van der Waals surface area (Å²) in [5.41, 5.74) is 3.61. The molecular formula is C19H24BrNO. The van der Waals surface area contributed by atoms with Gasteiger partial charge in [-0.25, -0.2) is 0 Å². The largest absolute Gasteiger partial charge is 0.488 e. The molecule has 22 heavy (non-hydrogen) atoms. The summed E-state index contributed by atoms with van der Waals surface area (Å²) in [5, 5.41) is 0. The minimum atomic E-state index is 0.606. The third-order valence-corrected chi connectivity index (χ3v) is 4.29. The van der Waals surface area contributed by atoms with Crippen molar-refractivity contribution in [3.63, 3.8) is 0 Å². The van der Waals surface area contributed by atoms with Gasteiger partial charge in [0, 0.05) is 16.6 Å². The van der Waals surface area contributed by atoms with E-state index in [4.69, 9.17) is 4.74 Å². The molecule has 0 fully saturated rings. The smallest absolute Gasteiger partial charge is 0.127 e. The van der Waals surface area contributed by atoms with Crippen LogP contribution in [0.2, 0.25) is 0 Å². The van der Waals surface area contributed by atoms with Crippen LogP contribution in [0.3, 0.4) is 0 Å². The van der Waals surface area contributed by atoms with Crippen molar-refractivity contribution in [3.8, 4) is 5.75 Å². The molecule has 2 aromatic rings. The van der Waals surface area contributed by atoms with E-state index in [9.17, 15) is 0 Å². The SMILES string of the molecule is CCN(CC)Cc1cc(Br)cc(C)c1OCc1ccccc1. The second kappa shape index (κ2) is 8.35. The topological polar surface area (TPSA) is 12.5 Å². The molecule has 0 aliphatic rings. The molecule has 0 aliphatic carbocycles. The van der Waals surface area contributed by atoms with Gasteiger partial charge in [-0.2, -0.15) is 0 Å². The van der Waals surface area contributed by atoms with Crippen LogP contribution in [-0.2, 0) is 13.2 Å². The Balaban J connectivity index is 2.21. The van der Waals surface area contributed by atoms with Gasteiger partial charge in [0.1, 0.15) is 12.4 Å². The summed E-state index contributed by atoms with van der Waals surface area (Å²) in [6, 6.07) is 14.6. The lowest BCUT2D eigenvalue weighted by molar-refractivity contribution is 0.271. The summed E-state index contributed by atoms with van der Waals surface area (Å²) < 4.78 is 7.26. The molecule has 3 heteroatoms. The number of rotatable bonds is 7. The molecule has 2 aromatic carbocycles. The van der Waals surface area contributed by atoms with Crippen molar-refractivity contribution in [3.05, 3.63) is 63.6 Å². The molecule has 0 bridgehead atoms. The zero-order chi connectivity index (χ0) is 15.9. The molecule has 0 heterocycles. The Morgan fingerprint density at radius 1 is 1.05 bits per heavy atom. The zero-order valence-corrected chi connectivity index (χ0v) is 15.2. The van der Waals surface area contributed by atoms with Gasteiger partial charge in [0.2, 0.25) is 0 Å². The van der Waals surface area contributed by atoms with Gasteiger partial charge in [0.15, 0.2) is 0 Å². The monoisotopic (exact) mass is 361 g/mol. The fourth-order valence-electron chi connectivity index (χ4n) is 2.54. The predicted octanol–water partition coefficient (Wildman–Crippen LogP) is 5.18. The molecule has 0 unspecified atom stereocenters. The van der Waals surface area contributed by atoms with E-state index in [-0.39, 0.29) is 0 Å². The summed E-state index contributed by atoms with van der Waals surface area (Å²) in [4.78, 5) is 2.40. The van der Waals surface area contributed by atoms with Crippen LogP contribution in [0.5, 0.6) is 5.75 Å². The average molecular weight is 362 g/mol. The molecule has 2 nitrogen and oxygen atoms in total. The first-order valence-corrected chi connectivity index (χ1v) is 8.61.